The van der Waals surface area contributed by atoms with E-state index in [1.54, 1.807) is 38.1 Å². The molecule has 0 saturated heterocycles. The highest BCUT2D eigenvalue weighted by atomic mass is 32.2. The zero-order valence-corrected chi connectivity index (χ0v) is 46.7. The molecule has 1 unspecified atom stereocenters. The van der Waals surface area contributed by atoms with E-state index in [0.717, 1.165) is 17.2 Å². The van der Waals surface area contributed by atoms with Gasteiger partial charge in [-0.25, -0.2) is 0 Å². The summed E-state index contributed by atoms with van der Waals surface area (Å²) in [6.45, 7) is 8.63. The summed E-state index contributed by atoms with van der Waals surface area (Å²) < 4.78 is 174. The van der Waals surface area contributed by atoms with Gasteiger partial charge in [0, 0.05) is 64.7 Å². The maximum atomic E-state index is 12.8. The summed E-state index contributed by atoms with van der Waals surface area (Å²) in [5, 5.41) is 3.67. The topological polar surface area (TPSA) is 333 Å². The molecule has 0 aromatic heterocycles. The highest BCUT2D eigenvalue weighted by Crippen LogP contribution is 2.53. The Morgan fingerprint density at radius 2 is 1.29 bits per heavy atom. The lowest BCUT2D eigenvalue weighted by atomic mass is 9.78. The molecule has 0 aliphatic carbocycles. The van der Waals surface area contributed by atoms with Gasteiger partial charge in [0.25, 0.3) is 50.6 Å². The van der Waals surface area contributed by atoms with Crippen molar-refractivity contribution in [1.29, 1.82) is 0 Å². The fraction of sp³-hybridized carbons (Fsp3) is 0.365. The Morgan fingerprint density at radius 3 is 1.90 bits per heavy atom. The van der Waals surface area contributed by atoms with Gasteiger partial charge in [-0.15, -0.1) is 0 Å². The third-order valence-electron chi connectivity index (χ3n) is 14.1. The fourth-order valence-electron chi connectivity index (χ4n) is 10.6. The highest BCUT2D eigenvalue weighted by molar-refractivity contribution is 7.87. The normalized spacial score (nSPS) is 17.5. The van der Waals surface area contributed by atoms with Gasteiger partial charge in [-0.1, -0.05) is 94.5 Å². The quantitative estimate of drug-likeness (QED) is 0.0211. The minimum Gasteiger partial charge on any atom is -0.364 e. The maximum absolute atomic E-state index is 12.8. The summed E-state index contributed by atoms with van der Waals surface area (Å²) in [5.41, 5.74) is 8.65. The Bertz CT molecular complexity index is 3820. The first-order valence-corrected chi connectivity index (χ1v) is 32.0. The van der Waals surface area contributed by atoms with Crippen LogP contribution in [0.1, 0.15) is 82.1 Å². The van der Waals surface area contributed by atoms with Gasteiger partial charge in [0.1, 0.15) is 9.79 Å². The number of rotatable bonds is 22. The molecular formula is C52H62N4O16S5. The van der Waals surface area contributed by atoms with Crippen LogP contribution >= 0.6 is 0 Å². The van der Waals surface area contributed by atoms with Gasteiger partial charge in [-0.05, 0) is 114 Å². The molecule has 1 atom stereocenters. The molecule has 2 heterocycles. The van der Waals surface area contributed by atoms with Gasteiger partial charge in [0.05, 0.1) is 22.4 Å². The molecular weight excluding hydrogens is 1100 g/mol. The highest BCUT2D eigenvalue weighted by Gasteiger charge is 2.45. The molecule has 1 amide bonds. The van der Waals surface area contributed by atoms with E-state index >= 15 is 0 Å². The standard InChI is InChI=1S/C52H62N4O16S5/c1-51(2)46(55(28-5-6-30-73(58,59)60)42-21-19-38-40(49(42)51)10-7-11-44(38)76(67,68)69)23-17-36(35-15-12-34(13-16-35)14-25-48(57)54-27-8-26-53)18-24-47-52(3,4)50-41-32-37(75(64,65)66)33-45(77(70,71)72)39(41)20-22-43(50)56(47)29-9-31-74(61,62)63/h7,10-13,15-24,32-33,47H,5-6,8-9,14,25-31,53H2,1-4H3,(H,54,57)(H,58,59,60)(H,61,62,63)(H,64,65,66)(H,67,68,69)(H,70,71,72)/b24-18+,36-17-,46-23+. The lowest BCUT2D eigenvalue weighted by molar-refractivity contribution is -0.121. The largest absolute Gasteiger partial charge is 0.364 e. The Kier molecular flexibility index (Phi) is 17.1. The number of carbonyl (C=O) groups is 1. The molecule has 0 spiro atoms. The van der Waals surface area contributed by atoms with Crippen molar-refractivity contribution in [2.24, 2.45) is 5.73 Å². The second-order valence-electron chi connectivity index (χ2n) is 20.2. The molecule has 0 radical (unpaired) electrons. The lowest BCUT2D eigenvalue weighted by Crippen LogP contribution is -2.41. The number of allylic oxidation sites excluding steroid dienone is 5. The third kappa shape index (κ3) is 13.3. The predicted octanol–water partition coefficient (Wildman–Crippen LogP) is 6.86. The molecule has 0 bridgehead atoms. The number of carbonyl (C=O) groups excluding carboxylic acids is 1. The van der Waals surface area contributed by atoms with Crippen LogP contribution in [0.4, 0.5) is 11.4 Å². The van der Waals surface area contributed by atoms with E-state index in [1.165, 1.54) is 18.2 Å². The molecule has 0 saturated carbocycles. The van der Waals surface area contributed by atoms with E-state index in [2.05, 4.69) is 5.32 Å². The number of aryl methyl sites for hydroxylation is 1. The molecule has 2 aliphatic rings. The van der Waals surface area contributed by atoms with Crippen LogP contribution in [-0.4, -0.2) is 114 Å². The minimum absolute atomic E-state index is 0.00369. The number of unbranched alkanes of at least 4 members (excludes halogenated alkanes) is 1. The van der Waals surface area contributed by atoms with Crippen LogP contribution in [-0.2, 0) is 72.6 Å². The van der Waals surface area contributed by atoms with Crippen molar-refractivity contribution in [3.8, 4) is 0 Å². The van der Waals surface area contributed by atoms with Crippen LogP contribution in [0.25, 0.3) is 27.1 Å². The number of fused-ring (bicyclic) bond motifs is 6. The van der Waals surface area contributed by atoms with Crippen LogP contribution < -0.4 is 20.9 Å². The Morgan fingerprint density at radius 1 is 0.662 bits per heavy atom. The second kappa shape index (κ2) is 22.3. The molecule has 5 aromatic rings. The van der Waals surface area contributed by atoms with Crippen molar-refractivity contribution >= 4 is 95.0 Å². The fourth-order valence-corrected chi connectivity index (χ4v) is 13.7. The van der Waals surface area contributed by atoms with Crippen LogP contribution in [0, 0.1) is 0 Å². The average molecular weight is 1160 g/mol. The van der Waals surface area contributed by atoms with Crippen molar-refractivity contribution in [2.75, 3.05) is 47.5 Å². The molecule has 2 aliphatic heterocycles. The number of benzene rings is 5. The van der Waals surface area contributed by atoms with Crippen molar-refractivity contribution in [1.82, 2.24) is 5.32 Å². The van der Waals surface area contributed by atoms with E-state index in [4.69, 9.17) is 5.73 Å². The predicted molar refractivity (Wildman–Crippen MR) is 295 cm³/mol. The molecule has 77 heavy (non-hydrogen) atoms. The SMILES string of the molecule is CC1(C)\C(=C/C=C(/C=C/C2N(CCCS(=O)(=O)O)c3ccc4c(S(=O)(=O)O)cc(S(=O)(=O)O)cc4c3C2(C)C)c2ccc(CCC(=O)NCCCN)cc2)N(CCCCS(=O)(=O)O)c2ccc3c(S(=O)(=O)O)cccc3c21. The van der Waals surface area contributed by atoms with Gasteiger partial charge in [-0.3, -0.25) is 27.6 Å². The van der Waals surface area contributed by atoms with Gasteiger partial charge in [-0.2, -0.15) is 42.1 Å². The average Bonchev–Trinajstić information content (AvgIpc) is 3.75. The van der Waals surface area contributed by atoms with Crippen LogP contribution in [0.3, 0.4) is 0 Å². The first kappa shape index (κ1) is 59.1. The molecule has 8 N–H and O–H groups in total. The van der Waals surface area contributed by atoms with Crippen molar-refractivity contribution < 1.29 is 69.6 Å². The molecule has 20 nitrogen and oxygen atoms in total. The van der Waals surface area contributed by atoms with Crippen molar-refractivity contribution in [3.63, 3.8) is 0 Å². The molecule has 5 aromatic carbocycles. The van der Waals surface area contributed by atoms with Crippen LogP contribution in [0.5, 0.6) is 0 Å². The Balaban J connectivity index is 1.41. The van der Waals surface area contributed by atoms with Crippen molar-refractivity contribution in [3.05, 3.63) is 131 Å². The summed E-state index contributed by atoms with van der Waals surface area (Å²) in [6.07, 6.45) is 8.96. The monoisotopic (exact) mass is 1160 g/mol. The van der Waals surface area contributed by atoms with Crippen LogP contribution in [0.15, 0.2) is 124 Å². The maximum Gasteiger partial charge on any atom is 0.295 e. The zero-order chi connectivity index (χ0) is 56.7. The number of nitrogens with two attached hydrogens (primary N) is 1. The first-order valence-electron chi connectivity index (χ1n) is 24.4. The number of nitrogens with one attached hydrogen (secondary N) is 1. The smallest absolute Gasteiger partial charge is 0.295 e. The van der Waals surface area contributed by atoms with Crippen LogP contribution in [0.2, 0.25) is 0 Å². The van der Waals surface area contributed by atoms with E-state index < -0.39 is 88.8 Å². The Hall–Kier alpha value is -5.58. The summed E-state index contributed by atoms with van der Waals surface area (Å²) in [6, 6.07) is 19.3. The lowest BCUT2D eigenvalue weighted by Gasteiger charge is -2.32. The van der Waals surface area contributed by atoms with Gasteiger partial charge >= 0.3 is 0 Å². The second-order valence-corrected chi connectivity index (χ2v) is 27.5. The zero-order valence-electron chi connectivity index (χ0n) is 42.6. The van der Waals surface area contributed by atoms with Gasteiger partial charge in [0.2, 0.25) is 5.91 Å². The summed E-state index contributed by atoms with van der Waals surface area (Å²) in [4.78, 5) is 14.6. The number of amides is 1. The van der Waals surface area contributed by atoms with E-state index in [-0.39, 0.29) is 59.3 Å². The van der Waals surface area contributed by atoms with E-state index in [1.807, 2.05) is 72.2 Å². The Labute approximate surface area is 449 Å². The number of anilines is 2. The van der Waals surface area contributed by atoms with Gasteiger partial charge < -0.3 is 20.9 Å². The third-order valence-corrected chi connectivity index (χ3v) is 18.4. The molecule has 25 heteroatoms. The van der Waals surface area contributed by atoms with Crippen molar-refractivity contribution in [2.45, 2.75) is 97.8 Å². The number of hydrogen-bond acceptors (Lipinski definition) is 14. The minimum atomic E-state index is -5.07. The molecule has 416 valence electrons. The summed E-state index contributed by atoms with van der Waals surface area (Å²) in [5.74, 6) is -1.25. The molecule has 0 fully saturated rings. The van der Waals surface area contributed by atoms with E-state index in [9.17, 15) is 69.6 Å². The number of hydrogen-bond donors (Lipinski definition) is 7. The summed E-state index contributed by atoms with van der Waals surface area (Å²) >= 11 is 0. The molecule has 7 rings (SSSR count). The van der Waals surface area contributed by atoms with Gasteiger partial charge in [0.15, 0.2) is 0 Å². The first-order chi connectivity index (χ1) is 35.7. The number of nitrogens with zero attached hydrogens (tertiary/aromatic N) is 2. The summed E-state index contributed by atoms with van der Waals surface area (Å²) in [7, 11) is -23.5. The van der Waals surface area contributed by atoms with E-state index in [0.29, 0.717) is 77.6 Å².